The number of pyridine rings is 2. The Morgan fingerprint density at radius 1 is 1.14 bits per heavy atom. The third-order valence-electron chi connectivity index (χ3n) is 6.04. The predicted octanol–water partition coefficient (Wildman–Crippen LogP) is 4.25. The second kappa shape index (κ2) is 9.61. The highest BCUT2D eigenvalue weighted by molar-refractivity contribution is 5.92. The molecular formula is C26H25FN6O2. The fourth-order valence-corrected chi connectivity index (χ4v) is 4.23. The molecule has 1 aromatic carbocycles. The van der Waals surface area contributed by atoms with E-state index in [1.807, 2.05) is 19.9 Å². The van der Waals surface area contributed by atoms with Crippen LogP contribution in [0.15, 0.2) is 60.9 Å². The van der Waals surface area contributed by atoms with Crippen molar-refractivity contribution in [3.63, 3.8) is 0 Å². The van der Waals surface area contributed by atoms with Crippen LogP contribution in [0.2, 0.25) is 0 Å². The minimum Gasteiger partial charge on any atom is -0.492 e. The summed E-state index contributed by atoms with van der Waals surface area (Å²) in [5.74, 6) is 1.16. The molecule has 35 heavy (non-hydrogen) atoms. The Morgan fingerprint density at radius 3 is 2.69 bits per heavy atom. The van der Waals surface area contributed by atoms with Gasteiger partial charge >= 0.3 is 0 Å². The van der Waals surface area contributed by atoms with Crippen molar-refractivity contribution in [3.05, 3.63) is 83.8 Å². The molecule has 1 amide bonds. The van der Waals surface area contributed by atoms with Gasteiger partial charge in [-0.2, -0.15) is 0 Å². The number of carbonyl (C=O) groups is 1. The molecule has 5 rings (SSSR count). The second-order valence-corrected chi connectivity index (χ2v) is 8.54. The molecule has 178 valence electrons. The van der Waals surface area contributed by atoms with Gasteiger partial charge in [-0.05, 0) is 68.7 Å². The number of benzene rings is 1. The molecule has 0 bridgehead atoms. The topological polar surface area (TPSA) is 94.8 Å². The Hall–Kier alpha value is -4.14. The average molecular weight is 473 g/mol. The first kappa shape index (κ1) is 22.6. The zero-order valence-electron chi connectivity index (χ0n) is 19.5. The van der Waals surface area contributed by atoms with Crippen LogP contribution in [-0.4, -0.2) is 43.3 Å². The molecular weight excluding hydrogens is 447 g/mol. The minimum atomic E-state index is -0.379. The lowest BCUT2D eigenvalue weighted by Crippen LogP contribution is -2.44. The summed E-state index contributed by atoms with van der Waals surface area (Å²) >= 11 is 0. The van der Waals surface area contributed by atoms with Crippen LogP contribution in [-0.2, 0) is 0 Å². The summed E-state index contributed by atoms with van der Waals surface area (Å²) in [5, 5.41) is 11.8. The zero-order chi connectivity index (χ0) is 24.4. The molecule has 0 spiro atoms. The van der Waals surface area contributed by atoms with Crippen molar-refractivity contribution in [2.45, 2.75) is 38.6 Å². The lowest BCUT2D eigenvalue weighted by atomic mass is 9.79. The first-order valence-corrected chi connectivity index (χ1v) is 11.6. The number of aryl methyl sites for hydroxylation is 1. The summed E-state index contributed by atoms with van der Waals surface area (Å²) in [7, 11) is 0. The van der Waals surface area contributed by atoms with E-state index < -0.39 is 0 Å². The SMILES string of the molecule is CCOc1ccc(-c2nnc([C@H]3C[C@H](NC(=O)c4cc(C)ccn4)C3)n2-c2ccccc2F)nc1. The number of ether oxygens (including phenoxy) is 1. The summed E-state index contributed by atoms with van der Waals surface area (Å²) in [6.45, 7) is 4.36. The first-order chi connectivity index (χ1) is 17.0. The standard InChI is InChI=1S/C26H25FN6O2/c1-3-35-19-8-9-21(29-15-19)25-32-31-24(33(25)23-7-5-4-6-20(23)27)17-13-18(14-17)30-26(34)22-12-16(2)10-11-28-22/h4-12,15,17-18H,3,13-14H2,1-2H3,(H,30,34)/t17-,18-. The number of halogens is 1. The number of hydrogen-bond donors (Lipinski definition) is 1. The van der Waals surface area contributed by atoms with Crippen LogP contribution in [0.4, 0.5) is 4.39 Å². The van der Waals surface area contributed by atoms with Crippen molar-refractivity contribution in [3.8, 4) is 23.0 Å². The van der Waals surface area contributed by atoms with Crippen LogP contribution in [0.25, 0.3) is 17.2 Å². The Kier molecular flexibility index (Phi) is 6.22. The molecule has 0 saturated heterocycles. The van der Waals surface area contributed by atoms with Gasteiger partial charge in [-0.3, -0.25) is 14.3 Å². The molecule has 0 aliphatic heterocycles. The lowest BCUT2D eigenvalue weighted by molar-refractivity contribution is 0.0902. The molecule has 9 heteroatoms. The Labute approximate surface area is 202 Å². The highest BCUT2D eigenvalue weighted by Gasteiger charge is 2.36. The van der Waals surface area contributed by atoms with E-state index in [1.54, 1.807) is 53.4 Å². The second-order valence-electron chi connectivity index (χ2n) is 8.54. The maximum absolute atomic E-state index is 14.9. The molecule has 0 unspecified atom stereocenters. The van der Waals surface area contributed by atoms with Gasteiger partial charge in [0.2, 0.25) is 0 Å². The highest BCUT2D eigenvalue weighted by atomic mass is 19.1. The highest BCUT2D eigenvalue weighted by Crippen LogP contribution is 2.39. The van der Waals surface area contributed by atoms with Crippen molar-refractivity contribution in [1.82, 2.24) is 30.0 Å². The van der Waals surface area contributed by atoms with Crippen molar-refractivity contribution in [2.24, 2.45) is 0 Å². The lowest BCUT2D eigenvalue weighted by Gasteiger charge is -2.35. The number of aromatic nitrogens is 5. The monoisotopic (exact) mass is 472 g/mol. The van der Waals surface area contributed by atoms with Gasteiger partial charge in [0.05, 0.1) is 18.5 Å². The minimum absolute atomic E-state index is 0.00863. The van der Waals surface area contributed by atoms with E-state index in [0.717, 1.165) is 5.56 Å². The fourth-order valence-electron chi connectivity index (χ4n) is 4.23. The summed E-state index contributed by atoms with van der Waals surface area (Å²) in [6.07, 6.45) is 4.58. The third-order valence-corrected chi connectivity index (χ3v) is 6.04. The van der Waals surface area contributed by atoms with Crippen LogP contribution >= 0.6 is 0 Å². The molecule has 1 aliphatic carbocycles. The van der Waals surface area contributed by atoms with Gasteiger partial charge in [-0.15, -0.1) is 10.2 Å². The van der Waals surface area contributed by atoms with Gasteiger partial charge < -0.3 is 10.1 Å². The smallest absolute Gasteiger partial charge is 0.270 e. The summed E-state index contributed by atoms with van der Waals surface area (Å²) < 4.78 is 22.1. The van der Waals surface area contributed by atoms with E-state index >= 15 is 0 Å². The van der Waals surface area contributed by atoms with Gasteiger partial charge in [-0.25, -0.2) is 9.37 Å². The maximum atomic E-state index is 14.9. The number of nitrogens with zero attached hydrogens (tertiary/aromatic N) is 5. The number of nitrogens with one attached hydrogen (secondary N) is 1. The third kappa shape index (κ3) is 4.62. The van der Waals surface area contributed by atoms with Crippen molar-refractivity contribution < 1.29 is 13.9 Å². The Morgan fingerprint density at radius 2 is 1.97 bits per heavy atom. The molecule has 1 aliphatic rings. The molecule has 3 heterocycles. The van der Waals surface area contributed by atoms with Crippen LogP contribution in [0, 0.1) is 12.7 Å². The molecule has 0 radical (unpaired) electrons. The summed E-state index contributed by atoms with van der Waals surface area (Å²) in [6, 6.07) is 13.7. The normalized spacial score (nSPS) is 17.0. The zero-order valence-corrected chi connectivity index (χ0v) is 19.5. The number of para-hydroxylation sites is 1. The van der Waals surface area contributed by atoms with Gasteiger partial charge in [0, 0.05) is 18.2 Å². The molecule has 8 nitrogen and oxygen atoms in total. The van der Waals surface area contributed by atoms with Crippen molar-refractivity contribution >= 4 is 5.91 Å². The molecule has 1 fully saturated rings. The molecule has 4 aromatic rings. The molecule has 0 atom stereocenters. The molecule has 1 saturated carbocycles. The van der Waals surface area contributed by atoms with Crippen LogP contribution in [0.5, 0.6) is 5.75 Å². The molecule has 1 N–H and O–H groups in total. The number of amides is 1. The number of rotatable bonds is 7. The quantitative estimate of drug-likeness (QED) is 0.432. The van der Waals surface area contributed by atoms with E-state index in [-0.39, 0.29) is 23.7 Å². The van der Waals surface area contributed by atoms with Gasteiger partial charge in [-0.1, -0.05) is 12.1 Å². The average Bonchev–Trinajstić information content (AvgIpc) is 3.26. The van der Waals surface area contributed by atoms with Crippen molar-refractivity contribution in [2.75, 3.05) is 6.61 Å². The van der Waals surface area contributed by atoms with Crippen molar-refractivity contribution in [1.29, 1.82) is 0 Å². The van der Waals surface area contributed by atoms with E-state index in [1.165, 1.54) is 6.07 Å². The van der Waals surface area contributed by atoms with E-state index in [2.05, 4.69) is 25.5 Å². The van der Waals surface area contributed by atoms with Crippen LogP contribution < -0.4 is 10.1 Å². The van der Waals surface area contributed by atoms with Crippen LogP contribution in [0.3, 0.4) is 0 Å². The molecule has 3 aromatic heterocycles. The summed E-state index contributed by atoms with van der Waals surface area (Å²) in [4.78, 5) is 21.2. The number of hydrogen-bond acceptors (Lipinski definition) is 6. The van der Waals surface area contributed by atoms with E-state index in [4.69, 9.17) is 4.74 Å². The van der Waals surface area contributed by atoms with Gasteiger partial charge in [0.1, 0.15) is 28.8 Å². The summed E-state index contributed by atoms with van der Waals surface area (Å²) in [5.41, 5.74) is 2.29. The van der Waals surface area contributed by atoms with Gasteiger partial charge in [0.25, 0.3) is 5.91 Å². The first-order valence-electron chi connectivity index (χ1n) is 11.6. The fraction of sp³-hybridized carbons (Fsp3) is 0.269. The largest absolute Gasteiger partial charge is 0.492 e. The maximum Gasteiger partial charge on any atom is 0.270 e. The van der Waals surface area contributed by atoms with E-state index in [0.29, 0.717) is 53.9 Å². The number of carbonyl (C=O) groups excluding carboxylic acids is 1. The van der Waals surface area contributed by atoms with E-state index in [9.17, 15) is 9.18 Å². The van der Waals surface area contributed by atoms with Crippen LogP contribution in [0.1, 0.15) is 47.6 Å². The Balaban J connectivity index is 1.40. The van der Waals surface area contributed by atoms with Gasteiger partial charge in [0.15, 0.2) is 5.82 Å². The Bertz CT molecular complexity index is 1350. The predicted molar refractivity (Wildman–Crippen MR) is 128 cm³/mol.